The van der Waals surface area contributed by atoms with E-state index < -0.39 is 23.0 Å². The van der Waals surface area contributed by atoms with Gasteiger partial charge in [-0.05, 0) is 51.3 Å². The Labute approximate surface area is 184 Å². The molecule has 1 fully saturated rings. The second-order valence-electron chi connectivity index (χ2n) is 9.06. The largest absolute Gasteiger partial charge is 0.497 e. The summed E-state index contributed by atoms with van der Waals surface area (Å²) in [6.07, 6.45) is 4.73. The Morgan fingerprint density at radius 2 is 1.65 bits per heavy atom. The quantitative estimate of drug-likeness (QED) is 0.426. The molecule has 8 nitrogen and oxygen atoms in total. The van der Waals surface area contributed by atoms with Gasteiger partial charge in [0.2, 0.25) is 11.4 Å². The molecule has 1 aromatic rings. The molecule has 0 unspecified atom stereocenters. The third kappa shape index (κ3) is 7.24. The fraction of sp³-hybridized carbons (Fsp3) is 0.609. The van der Waals surface area contributed by atoms with Crippen molar-refractivity contribution in [1.29, 1.82) is 0 Å². The van der Waals surface area contributed by atoms with Crippen LogP contribution in [0.3, 0.4) is 0 Å². The van der Waals surface area contributed by atoms with Crippen molar-refractivity contribution in [2.75, 3.05) is 13.7 Å². The van der Waals surface area contributed by atoms with Gasteiger partial charge in [-0.25, -0.2) is 4.79 Å². The summed E-state index contributed by atoms with van der Waals surface area (Å²) in [6, 6.07) is 7.15. The summed E-state index contributed by atoms with van der Waals surface area (Å²) >= 11 is 0. The molecule has 0 bridgehead atoms. The van der Waals surface area contributed by atoms with Crippen LogP contribution < -0.4 is 21.1 Å². The van der Waals surface area contributed by atoms with Crippen LogP contribution in [0.4, 0.5) is 0 Å². The number of carbonyl (C=O) groups is 3. The van der Waals surface area contributed by atoms with Crippen molar-refractivity contribution in [2.24, 2.45) is 11.7 Å². The van der Waals surface area contributed by atoms with E-state index in [1.54, 1.807) is 52.1 Å². The minimum absolute atomic E-state index is 0.112. The molecule has 1 aliphatic carbocycles. The number of rotatable bonds is 8. The topological polar surface area (TPSA) is 120 Å². The van der Waals surface area contributed by atoms with E-state index in [9.17, 15) is 14.4 Å². The number of amides is 2. The summed E-state index contributed by atoms with van der Waals surface area (Å²) in [4.78, 5) is 38.3. The second-order valence-corrected chi connectivity index (χ2v) is 9.06. The monoisotopic (exact) mass is 433 g/mol. The van der Waals surface area contributed by atoms with E-state index in [2.05, 4.69) is 10.6 Å². The number of benzene rings is 1. The van der Waals surface area contributed by atoms with E-state index in [4.69, 9.17) is 15.2 Å². The molecule has 0 saturated heterocycles. The van der Waals surface area contributed by atoms with Crippen LogP contribution in [0.25, 0.3) is 0 Å². The van der Waals surface area contributed by atoms with Gasteiger partial charge in [-0.3, -0.25) is 9.59 Å². The van der Waals surface area contributed by atoms with Gasteiger partial charge in [0.1, 0.15) is 11.4 Å². The summed E-state index contributed by atoms with van der Waals surface area (Å²) in [7, 11) is 1.57. The van der Waals surface area contributed by atoms with Crippen molar-refractivity contribution in [3.8, 4) is 5.75 Å². The molecule has 4 N–H and O–H groups in total. The van der Waals surface area contributed by atoms with Crippen LogP contribution in [0, 0.1) is 5.92 Å². The number of nitrogens with two attached hydrogens (primary N) is 1. The van der Waals surface area contributed by atoms with Crippen molar-refractivity contribution in [3.05, 3.63) is 29.8 Å². The van der Waals surface area contributed by atoms with E-state index in [0.717, 1.165) is 37.7 Å². The van der Waals surface area contributed by atoms with Gasteiger partial charge in [0, 0.05) is 12.5 Å². The third-order valence-corrected chi connectivity index (χ3v) is 5.30. The van der Waals surface area contributed by atoms with Crippen LogP contribution in [-0.2, 0) is 25.7 Å². The smallest absolute Gasteiger partial charge is 0.338 e. The average molecular weight is 434 g/mol. The molecule has 1 aliphatic rings. The lowest BCUT2D eigenvalue weighted by Gasteiger charge is -2.31. The first-order chi connectivity index (χ1) is 14.5. The maximum Gasteiger partial charge on any atom is 0.338 e. The minimum Gasteiger partial charge on any atom is -0.497 e. The molecule has 0 aliphatic heterocycles. The SMILES string of the molecule is COc1ccc(CNC(=O)[C@@](N)(CNC(=O)C2CCCCC2)C(=O)OC(C)(C)C)cc1. The molecule has 172 valence electrons. The predicted octanol–water partition coefficient (Wildman–Crippen LogP) is 2.05. The van der Waals surface area contributed by atoms with Gasteiger partial charge in [-0.1, -0.05) is 31.4 Å². The highest BCUT2D eigenvalue weighted by molar-refractivity contribution is 6.08. The summed E-state index contributed by atoms with van der Waals surface area (Å²) in [5.41, 5.74) is 4.20. The zero-order valence-electron chi connectivity index (χ0n) is 19.0. The number of esters is 1. The van der Waals surface area contributed by atoms with Crippen molar-refractivity contribution in [2.45, 2.75) is 70.6 Å². The number of ether oxygens (including phenoxy) is 2. The van der Waals surface area contributed by atoms with Gasteiger partial charge >= 0.3 is 5.97 Å². The fourth-order valence-electron chi connectivity index (χ4n) is 3.43. The summed E-state index contributed by atoms with van der Waals surface area (Å²) in [6.45, 7) is 4.93. The van der Waals surface area contributed by atoms with Crippen LogP contribution in [0.1, 0.15) is 58.4 Å². The van der Waals surface area contributed by atoms with Gasteiger partial charge in [0.25, 0.3) is 5.91 Å². The summed E-state index contributed by atoms with van der Waals surface area (Å²) in [5.74, 6) is -1.18. The van der Waals surface area contributed by atoms with E-state index in [0.29, 0.717) is 5.75 Å². The Bertz CT molecular complexity index is 766. The van der Waals surface area contributed by atoms with Crippen LogP contribution in [0.2, 0.25) is 0 Å². The number of hydrogen-bond donors (Lipinski definition) is 3. The zero-order chi connectivity index (χ0) is 23.1. The first kappa shape index (κ1) is 24.7. The Balaban J connectivity index is 2.08. The number of methoxy groups -OCH3 is 1. The van der Waals surface area contributed by atoms with Crippen LogP contribution in [0.5, 0.6) is 5.75 Å². The van der Waals surface area contributed by atoms with E-state index in [1.807, 2.05) is 0 Å². The van der Waals surface area contributed by atoms with Crippen LogP contribution in [-0.4, -0.2) is 42.6 Å². The third-order valence-electron chi connectivity index (χ3n) is 5.30. The van der Waals surface area contributed by atoms with Gasteiger partial charge in [0.15, 0.2) is 0 Å². The molecule has 1 saturated carbocycles. The molecule has 1 aromatic carbocycles. The Hall–Kier alpha value is -2.61. The molecule has 0 aromatic heterocycles. The number of carbonyl (C=O) groups excluding carboxylic acids is 3. The highest BCUT2D eigenvalue weighted by Crippen LogP contribution is 2.24. The van der Waals surface area contributed by atoms with Gasteiger partial charge in [0.05, 0.1) is 13.7 Å². The lowest BCUT2D eigenvalue weighted by Crippen LogP contribution is -2.66. The normalized spacial score (nSPS) is 16.7. The summed E-state index contributed by atoms with van der Waals surface area (Å²) in [5, 5.41) is 5.40. The lowest BCUT2D eigenvalue weighted by atomic mass is 9.88. The Kier molecular flexibility index (Phi) is 8.44. The van der Waals surface area contributed by atoms with Crippen LogP contribution in [0.15, 0.2) is 24.3 Å². The molecule has 31 heavy (non-hydrogen) atoms. The molecule has 0 spiro atoms. The molecule has 2 rings (SSSR count). The maximum absolute atomic E-state index is 13.0. The van der Waals surface area contributed by atoms with Crippen molar-refractivity contribution < 1.29 is 23.9 Å². The Morgan fingerprint density at radius 3 is 2.19 bits per heavy atom. The first-order valence-electron chi connectivity index (χ1n) is 10.8. The van der Waals surface area contributed by atoms with E-state index >= 15 is 0 Å². The standard InChI is InChI=1S/C23H35N3O5/c1-22(2,3)31-21(29)23(24,15-26-19(27)17-8-6-5-7-9-17)20(28)25-14-16-10-12-18(30-4)13-11-16/h10-13,17H,5-9,14-15,24H2,1-4H3,(H,25,28)(H,26,27)/t23-/m0/s1. The van der Waals surface area contributed by atoms with Crippen molar-refractivity contribution in [3.63, 3.8) is 0 Å². The molecular formula is C23H35N3O5. The average Bonchev–Trinajstić information content (AvgIpc) is 2.75. The van der Waals surface area contributed by atoms with Gasteiger partial charge in [-0.15, -0.1) is 0 Å². The molecule has 1 atom stereocenters. The highest BCUT2D eigenvalue weighted by Gasteiger charge is 2.45. The zero-order valence-corrected chi connectivity index (χ0v) is 19.0. The lowest BCUT2D eigenvalue weighted by molar-refractivity contribution is -0.164. The van der Waals surface area contributed by atoms with Gasteiger partial charge in [-0.2, -0.15) is 0 Å². The maximum atomic E-state index is 13.0. The van der Waals surface area contributed by atoms with E-state index in [1.165, 1.54) is 0 Å². The molecular weight excluding hydrogens is 398 g/mol. The predicted molar refractivity (Wildman–Crippen MR) is 117 cm³/mol. The molecule has 2 amide bonds. The molecule has 0 heterocycles. The Morgan fingerprint density at radius 1 is 1.03 bits per heavy atom. The van der Waals surface area contributed by atoms with Crippen molar-refractivity contribution in [1.82, 2.24) is 10.6 Å². The van der Waals surface area contributed by atoms with E-state index in [-0.39, 0.29) is 24.9 Å². The second kappa shape index (κ2) is 10.6. The highest BCUT2D eigenvalue weighted by atomic mass is 16.6. The summed E-state index contributed by atoms with van der Waals surface area (Å²) < 4.78 is 10.5. The minimum atomic E-state index is -2.04. The van der Waals surface area contributed by atoms with Crippen LogP contribution >= 0.6 is 0 Å². The molecule has 8 heteroatoms. The van der Waals surface area contributed by atoms with Gasteiger partial charge < -0.3 is 25.8 Å². The molecule has 0 radical (unpaired) electrons. The van der Waals surface area contributed by atoms with Crippen molar-refractivity contribution >= 4 is 17.8 Å². The fourth-order valence-corrected chi connectivity index (χ4v) is 3.43. The first-order valence-corrected chi connectivity index (χ1v) is 10.8. The number of hydrogen-bond acceptors (Lipinski definition) is 6. The number of nitrogens with one attached hydrogen (secondary N) is 2.